The Kier molecular flexibility index (Phi) is 9.57. The van der Waals surface area contributed by atoms with Crippen LogP contribution >= 0.6 is 21.6 Å². The van der Waals surface area contributed by atoms with Crippen molar-refractivity contribution in [1.82, 2.24) is 0 Å². The average molecular weight is 238 g/mol. The lowest BCUT2D eigenvalue weighted by molar-refractivity contribution is 0.678. The Morgan fingerprint density at radius 3 is 2.69 bits per heavy atom. The van der Waals surface area contributed by atoms with E-state index in [9.17, 15) is 4.21 Å². The van der Waals surface area contributed by atoms with Gasteiger partial charge in [-0.25, -0.2) is 0 Å². The fourth-order valence-corrected chi connectivity index (χ4v) is 5.61. The van der Waals surface area contributed by atoms with E-state index in [1.54, 1.807) is 21.6 Å². The minimum atomic E-state index is -0.653. The normalized spacial score (nSPS) is 15.2. The zero-order valence-corrected chi connectivity index (χ0v) is 10.8. The van der Waals surface area contributed by atoms with Gasteiger partial charge in [-0.2, -0.15) is 0 Å². The summed E-state index contributed by atoms with van der Waals surface area (Å²) in [6.45, 7) is 7.83. The van der Waals surface area contributed by atoms with Crippen LogP contribution in [0.25, 0.3) is 0 Å². The maximum atomic E-state index is 11.6. The molecule has 0 spiro atoms. The Labute approximate surface area is 92.0 Å². The van der Waals surface area contributed by atoms with Gasteiger partial charge in [-0.1, -0.05) is 41.5 Å². The molecule has 0 aliphatic rings. The summed E-state index contributed by atoms with van der Waals surface area (Å²) in [5.74, 6) is 1.77. The van der Waals surface area contributed by atoms with Crippen LogP contribution in [-0.4, -0.2) is 20.3 Å². The van der Waals surface area contributed by atoms with Gasteiger partial charge >= 0.3 is 0 Å². The van der Waals surface area contributed by atoms with E-state index in [4.69, 9.17) is 0 Å². The van der Waals surface area contributed by atoms with Crippen molar-refractivity contribution in [2.24, 2.45) is 0 Å². The quantitative estimate of drug-likeness (QED) is 0.366. The van der Waals surface area contributed by atoms with Crippen molar-refractivity contribution >= 4 is 32.4 Å². The molecule has 2 unspecified atom stereocenters. The summed E-state index contributed by atoms with van der Waals surface area (Å²) < 4.78 is 11.9. The minimum Gasteiger partial charge on any atom is -0.258 e. The molecule has 0 heterocycles. The van der Waals surface area contributed by atoms with Crippen LogP contribution in [0.5, 0.6) is 0 Å². The molecule has 13 heavy (non-hydrogen) atoms. The maximum absolute atomic E-state index is 11.6. The monoisotopic (exact) mass is 238 g/mol. The zero-order valence-electron chi connectivity index (χ0n) is 8.32. The Balaban J connectivity index is 3.73. The van der Waals surface area contributed by atoms with Gasteiger partial charge in [0.15, 0.2) is 0 Å². The lowest BCUT2D eigenvalue weighted by Gasteiger charge is -2.11. The molecule has 0 aliphatic carbocycles. The van der Waals surface area contributed by atoms with Crippen LogP contribution in [0, 0.1) is 0 Å². The Hall–Kier alpha value is 0.590. The first-order chi connectivity index (χ1) is 6.26. The fourth-order valence-electron chi connectivity index (χ4n) is 0.794. The van der Waals surface area contributed by atoms with E-state index in [1.807, 2.05) is 6.08 Å². The molecule has 0 bridgehead atoms. The summed E-state index contributed by atoms with van der Waals surface area (Å²) in [5.41, 5.74) is 0. The Bertz CT molecular complexity index is 159. The van der Waals surface area contributed by atoms with Crippen LogP contribution in [0.1, 0.15) is 26.7 Å². The molecular weight excluding hydrogens is 220 g/mol. The third-order valence-corrected chi connectivity index (χ3v) is 6.99. The predicted molar refractivity (Wildman–Crippen MR) is 67.6 cm³/mol. The van der Waals surface area contributed by atoms with Crippen molar-refractivity contribution in [3.63, 3.8) is 0 Å². The highest BCUT2D eigenvalue weighted by atomic mass is 33.1. The maximum Gasteiger partial charge on any atom is 0.0902 e. The number of hydrogen-bond donors (Lipinski definition) is 0. The smallest absolute Gasteiger partial charge is 0.0902 e. The molecule has 0 rings (SSSR count). The zero-order chi connectivity index (χ0) is 10.1. The van der Waals surface area contributed by atoms with Crippen LogP contribution in [0.2, 0.25) is 0 Å². The van der Waals surface area contributed by atoms with Crippen molar-refractivity contribution in [3.05, 3.63) is 12.7 Å². The van der Waals surface area contributed by atoms with Gasteiger partial charge in [-0.3, -0.25) is 4.21 Å². The summed E-state index contributed by atoms with van der Waals surface area (Å²) in [4.78, 5) is 0. The number of hydrogen-bond acceptors (Lipinski definition) is 3. The fraction of sp³-hybridized carbons (Fsp3) is 0.778. The first-order valence-corrected chi connectivity index (χ1v) is 8.29. The second-order valence-electron chi connectivity index (χ2n) is 2.59. The molecule has 0 saturated heterocycles. The van der Waals surface area contributed by atoms with E-state index < -0.39 is 10.8 Å². The molecule has 0 aromatic heterocycles. The van der Waals surface area contributed by atoms with E-state index in [1.165, 1.54) is 0 Å². The summed E-state index contributed by atoms with van der Waals surface area (Å²) in [7, 11) is 2.83. The summed E-state index contributed by atoms with van der Waals surface area (Å²) in [6.07, 6.45) is 3.88. The summed E-state index contributed by atoms with van der Waals surface area (Å²) in [5, 5.41) is 0. The van der Waals surface area contributed by atoms with Crippen LogP contribution in [0.15, 0.2) is 12.7 Å². The molecule has 0 radical (unpaired) electrons. The lowest BCUT2D eigenvalue weighted by atomic mass is 10.6. The third-order valence-electron chi connectivity index (χ3n) is 1.39. The van der Waals surface area contributed by atoms with E-state index in [2.05, 4.69) is 20.4 Å². The third kappa shape index (κ3) is 6.63. The highest BCUT2D eigenvalue weighted by molar-refractivity contribution is 8.78. The second-order valence-corrected chi connectivity index (χ2v) is 7.24. The van der Waals surface area contributed by atoms with Gasteiger partial charge in [0.05, 0.1) is 4.58 Å². The lowest BCUT2D eigenvalue weighted by Crippen LogP contribution is -2.11. The largest absolute Gasteiger partial charge is 0.258 e. The van der Waals surface area contributed by atoms with Gasteiger partial charge in [-0.15, -0.1) is 6.58 Å². The molecule has 0 aromatic carbocycles. The van der Waals surface area contributed by atoms with Crippen molar-refractivity contribution in [1.29, 1.82) is 0 Å². The SMILES string of the molecule is C=CCSSC(CC)S(=O)CCC. The minimum absolute atomic E-state index is 0.296. The van der Waals surface area contributed by atoms with Crippen molar-refractivity contribution in [2.45, 2.75) is 31.3 Å². The number of rotatable bonds is 8. The second kappa shape index (κ2) is 9.16. The first-order valence-electron chi connectivity index (χ1n) is 4.52. The van der Waals surface area contributed by atoms with Gasteiger partial charge in [-0.05, 0) is 12.8 Å². The van der Waals surface area contributed by atoms with Crippen molar-refractivity contribution < 1.29 is 4.21 Å². The summed E-state index contributed by atoms with van der Waals surface area (Å²) in [6, 6.07) is 0. The highest BCUT2D eigenvalue weighted by Gasteiger charge is 2.13. The van der Waals surface area contributed by atoms with Crippen LogP contribution in [0.3, 0.4) is 0 Å². The molecule has 0 aliphatic heterocycles. The standard InChI is InChI=1S/C9H18OS3/c1-4-7-11-12-9(6-3)13(10)8-5-2/h4,9H,1,5-8H2,2-3H3. The van der Waals surface area contributed by atoms with E-state index in [0.29, 0.717) is 4.58 Å². The van der Waals surface area contributed by atoms with Gasteiger partial charge in [0.1, 0.15) is 0 Å². The molecule has 0 fully saturated rings. The molecule has 0 saturated carbocycles. The van der Waals surface area contributed by atoms with Crippen LogP contribution in [0.4, 0.5) is 0 Å². The Morgan fingerprint density at radius 1 is 1.54 bits per heavy atom. The van der Waals surface area contributed by atoms with E-state index >= 15 is 0 Å². The molecule has 0 amide bonds. The highest BCUT2D eigenvalue weighted by Crippen LogP contribution is 2.30. The molecule has 0 N–H and O–H groups in total. The van der Waals surface area contributed by atoms with E-state index in [-0.39, 0.29) is 0 Å². The van der Waals surface area contributed by atoms with Crippen molar-refractivity contribution in [2.75, 3.05) is 11.5 Å². The van der Waals surface area contributed by atoms with Crippen LogP contribution in [-0.2, 0) is 10.8 Å². The Morgan fingerprint density at radius 2 is 2.23 bits per heavy atom. The molecule has 4 heteroatoms. The van der Waals surface area contributed by atoms with Gasteiger partial charge in [0.2, 0.25) is 0 Å². The van der Waals surface area contributed by atoms with Crippen molar-refractivity contribution in [3.8, 4) is 0 Å². The van der Waals surface area contributed by atoms with Gasteiger partial charge in [0, 0.05) is 22.3 Å². The van der Waals surface area contributed by atoms with E-state index in [0.717, 1.165) is 24.3 Å². The first kappa shape index (κ1) is 13.6. The van der Waals surface area contributed by atoms with Gasteiger partial charge < -0.3 is 0 Å². The molecule has 0 aromatic rings. The molecule has 2 atom stereocenters. The molecule has 78 valence electrons. The van der Waals surface area contributed by atoms with Gasteiger partial charge in [0.25, 0.3) is 0 Å². The van der Waals surface area contributed by atoms with Crippen LogP contribution < -0.4 is 0 Å². The predicted octanol–water partition coefficient (Wildman–Crippen LogP) is 3.45. The molecule has 1 nitrogen and oxygen atoms in total. The summed E-state index contributed by atoms with van der Waals surface area (Å²) >= 11 is 0. The average Bonchev–Trinajstić information content (AvgIpc) is 2.13. The topological polar surface area (TPSA) is 17.1 Å². The molecular formula is C9H18OS3.